The van der Waals surface area contributed by atoms with Crippen LogP contribution in [0.5, 0.6) is 0 Å². The van der Waals surface area contributed by atoms with Crippen LogP contribution in [0.3, 0.4) is 0 Å². The normalized spacial score (nSPS) is 12.0. The van der Waals surface area contributed by atoms with Crippen LogP contribution in [0.25, 0.3) is 0 Å². The molecule has 1 N–H and O–H groups in total. The zero-order valence-corrected chi connectivity index (χ0v) is 25.9. The lowest BCUT2D eigenvalue weighted by Crippen LogP contribution is -2.36. The molecule has 9 nitrogen and oxygen atoms in total. The molecule has 0 amide bonds. The molecule has 0 heterocycles. The third-order valence-electron chi connectivity index (χ3n) is 3.63. The standard InChI is InChI=1S/C8H11NO3S.C8H11N.C6H18O4SSi2/c1-9(2)7-3-5-8(6-4-7)13(10,11)12;1-9(2)8-6-4-3-5-7-8;1-12(2,3)9-11(7,8)10-13(4,5)6/h3-6H,1-2H3,(H,10,11,12);3-7H,1-2H3;1-6H3. The van der Waals surface area contributed by atoms with Crippen LogP contribution >= 0.6 is 0 Å². The van der Waals surface area contributed by atoms with Gasteiger partial charge in [0.25, 0.3) is 10.1 Å². The Morgan fingerprint density at radius 3 is 1.23 bits per heavy atom. The Balaban J connectivity index is 0.000000504. The van der Waals surface area contributed by atoms with Gasteiger partial charge in [0.05, 0.1) is 4.90 Å². The van der Waals surface area contributed by atoms with E-state index in [1.54, 1.807) is 51.4 Å². The van der Waals surface area contributed by atoms with E-state index in [4.69, 9.17) is 12.3 Å². The Hall–Kier alpha value is -1.75. The van der Waals surface area contributed by atoms with Crippen molar-refractivity contribution in [2.45, 2.75) is 44.2 Å². The highest BCUT2D eigenvalue weighted by Crippen LogP contribution is 2.16. The molecule has 0 atom stereocenters. The summed E-state index contributed by atoms with van der Waals surface area (Å²) in [5.41, 5.74) is 2.13. The van der Waals surface area contributed by atoms with E-state index < -0.39 is 37.2 Å². The number of rotatable bonds is 7. The zero-order chi connectivity index (χ0) is 27.7. The molecular formula is C22H40N2O7S2Si2. The fourth-order valence-corrected chi connectivity index (χ4v) is 8.09. The van der Waals surface area contributed by atoms with Crippen molar-refractivity contribution in [2.75, 3.05) is 38.0 Å². The predicted molar refractivity (Wildman–Crippen MR) is 149 cm³/mol. The summed E-state index contributed by atoms with van der Waals surface area (Å²) >= 11 is 0. The van der Waals surface area contributed by atoms with Crippen molar-refractivity contribution >= 4 is 48.5 Å². The summed E-state index contributed by atoms with van der Waals surface area (Å²) in [4.78, 5) is 3.84. The van der Waals surface area contributed by atoms with Gasteiger partial charge in [-0.25, -0.2) is 0 Å². The molecule has 0 saturated heterocycles. The molecule has 13 heteroatoms. The van der Waals surface area contributed by atoms with Crippen LogP contribution in [0, 0.1) is 0 Å². The summed E-state index contributed by atoms with van der Waals surface area (Å²) in [5.74, 6) is 0. The van der Waals surface area contributed by atoms with Crippen LogP contribution in [0.1, 0.15) is 0 Å². The summed E-state index contributed by atoms with van der Waals surface area (Å²) < 4.78 is 62.4. The smallest absolute Gasteiger partial charge is 0.378 e. The monoisotopic (exact) mass is 564 g/mol. The molecule has 2 rings (SSSR count). The van der Waals surface area contributed by atoms with Crippen molar-refractivity contribution in [2.24, 2.45) is 0 Å². The minimum atomic E-state index is -4.06. The number of benzene rings is 2. The average Bonchev–Trinajstić information content (AvgIpc) is 2.65. The van der Waals surface area contributed by atoms with E-state index in [2.05, 4.69) is 17.0 Å². The number of hydrogen-bond donors (Lipinski definition) is 1. The highest BCUT2D eigenvalue weighted by molar-refractivity contribution is 7.85. The minimum absolute atomic E-state index is 0.0851. The van der Waals surface area contributed by atoms with E-state index in [-0.39, 0.29) is 4.90 Å². The van der Waals surface area contributed by atoms with Gasteiger partial charge in [0.2, 0.25) is 16.6 Å². The number of para-hydroxylation sites is 1. The molecule has 35 heavy (non-hydrogen) atoms. The molecule has 0 aliphatic carbocycles. The molecule has 0 aliphatic rings. The second-order valence-electron chi connectivity index (χ2n) is 9.89. The molecule has 0 aliphatic heterocycles. The van der Waals surface area contributed by atoms with Crippen LogP contribution in [-0.2, 0) is 28.3 Å². The van der Waals surface area contributed by atoms with Crippen LogP contribution in [0.15, 0.2) is 59.5 Å². The first-order valence-electron chi connectivity index (χ1n) is 10.8. The Morgan fingerprint density at radius 1 is 0.629 bits per heavy atom. The number of anilines is 2. The van der Waals surface area contributed by atoms with Gasteiger partial charge in [-0.1, -0.05) is 18.2 Å². The summed E-state index contributed by atoms with van der Waals surface area (Å²) in [6, 6.07) is 16.2. The van der Waals surface area contributed by atoms with Crippen molar-refractivity contribution in [1.29, 1.82) is 0 Å². The maximum absolute atomic E-state index is 11.3. The van der Waals surface area contributed by atoms with Crippen LogP contribution in [0.2, 0.25) is 39.3 Å². The van der Waals surface area contributed by atoms with Gasteiger partial charge in [0.15, 0.2) is 0 Å². The predicted octanol–water partition coefficient (Wildman–Crippen LogP) is 4.69. The van der Waals surface area contributed by atoms with E-state index in [1.807, 2.05) is 51.3 Å². The summed E-state index contributed by atoms with van der Waals surface area (Å²) in [7, 11) is -4.23. The highest BCUT2D eigenvalue weighted by atomic mass is 32.3. The largest absolute Gasteiger partial charge is 0.380 e. The van der Waals surface area contributed by atoms with Gasteiger partial charge >= 0.3 is 10.4 Å². The quantitative estimate of drug-likeness (QED) is 0.378. The lowest BCUT2D eigenvalue weighted by molar-refractivity contribution is 0.390. The molecule has 0 saturated carbocycles. The maximum atomic E-state index is 11.3. The Labute approximate surface area is 214 Å². The lowest BCUT2D eigenvalue weighted by atomic mass is 10.3. The van der Waals surface area contributed by atoms with E-state index in [9.17, 15) is 16.8 Å². The third-order valence-corrected chi connectivity index (χ3v) is 10.1. The van der Waals surface area contributed by atoms with Gasteiger partial charge in [-0.15, -0.1) is 0 Å². The first-order valence-corrected chi connectivity index (χ1v) is 20.4. The van der Waals surface area contributed by atoms with Crippen molar-refractivity contribution in [1.82, 2.24) is 0 Å². The Kier molecular flexibility index (Phi) is 12.9. The molecule has 200 valence electrons. The fourth-order valence-electron chi connectivity index (χ4n) is 2.27. The third kappa shape index (κ3) is 16.5. The molecule has 0 aromatic heterocycles. The number of nitrogens with zero attached hydrogens (tertiary/aromatic N) is 2. The topological polar surface area (TPSA) is 113 Å². The van der Waals surface area contributed by atoms with Crippen molar-refractivity contribution in [3.8, 4) is 0 Å². The van der Waals surface area contributed by atoms with Gasteiger partial charge in [0.1, 0.15) is 0 Å². The van der Waals surface area contributed by atoms with Crippen molar-refractivity contribution < 1.29 is 29.1 Å². The van der Waals surface area contributed by atoms with E-state index >= 15 is 0 Å². The van der Waals surface area contributed by atoms with Crippen LogP contribution in [-0.4, -0.2) is 66.2 Å². The van der Waals surface area contributed by atoms with Crippen molar-refractivity contribution in [3.63, 3.8) is 0 Å². The van der Waals surface area contributed by atoms with E-state index in [0.29, 0.717) is 0 Å². The van der Waals surface area contributed by atoms with Crippen LogP contribution < -0.4 is 9.80 Å². The molecule has 0 unspecified atom stereocenters. The molecular weight excluding hydrogens is 525 g/mol. The average molecular weight is 565 g/mol. The molecule has 0 fully saturated rings. The first-order chi connectivity index (χ1) is 15.6. The molecule has 0 bridgehead atoms. The van der Waals surface area contributed by atoms with Gasteiger partial charge < -0.3 is 9.80 Å². The summed E-state index contributed by atoms with van der Waals surface area (Å²) in [6.45, 7) is 10.8. The Morgan fingerprint density at radius 2 is 0.971 bits per heavy atom. The van der Waals surface area contributed by atoms with Crippen LogP contribution in [0.4, 0.5) is 11.4 Å². The molecule has 2 aromatic carbocycles. The van der Waals surface area contributed by atoms with Gasteiger partial charge in [-0.05, 0) is 75.7 Å². The molecule has 0 spiro atoms. The maximum Gasteiger partial charge on any atom is 0.380 e. The fraction of sp³-hybridized carbons (Fsp3) is 0.455. The van der Waals surface area contributed by atoms with Gasteiger partial charge in [-0.3, -0.25) is 12.3 Å². The van der Waals surface area contributed by atoms with Gasteiger partial charge in [-0.2, -0.15) is 16.8 Å². The zero-order valence-electron chi connectivity index (χ0n) is 22.3. The van der Waals surface area contributed by atoms with Crippen molar-refractivity contribution in [3.05, 3.63) is 54.6 Å². The lowest BCUT2D eigenvalue weighted by Gasteiger charge is -2.21. The molecule has 2 aromatic rings. The Bertz CT molecular complexity index is 1070. The SMILES string of the molecule is CN(C)c1ccc(S(=O)(=O)O)cc1.CN(C)c1ccccc1.C[Si](C)(C)OS(=O)(=O)O[Si](C)(C)C. The second kappa shape index (κ2) is 13.5. The van der Waals surface area contributed by atoms with E-state index in [1.165, 1.54) is 17.8 Å². The highest BCUT2D eigenvalue weighted by Gasteiger charge is 2.30. The summed E-state index contributed by atoms with van der Waals surface area (Å²) in [6.07, 6.45) is 0. The minimum Gasteiger partial charge on any atom is -0.378 e. The second-order valence-corrected chi connectivity index (χ2v) is 21.9. The van der Waals surface area contributed by atoms with Gasteiger partial charge in [0, 0.05) is 39.6 Å². The first kappa shape index (κ1) is 33.3. The number of hydrogen-bond acceptors (Lipinski definition) is 8. The molecule has 0 radical (unpaired) electrons. The van der Waals surface area contributed by atoms with E-state index in [0.717, 1.165) is 5.69 Å². The summed E-state index contributed by atoms with van der Waals surface area (Å²) in [5, 5.41) is 0.